The molecule has 0 unspecified atom stereocenters. The molecular formula is C12H24N6O. The molecule has 7 heteroatoms. The molecule has 0 radical (unpaired) electrons. The number of anilines is 1. The fourth-order valence-corrected chi connectivity index (χ4v) is 1.65. The number of aliphatic imine (C=N–C) groups is 1. The molecular weight excluding hydrogens is 244 g/mol. The largest absolute Gasteiger partial charge is 0.382 e. The highest BCUT2D eigenvalue weighted by Gasteiger charge is 2.07. The molecule has 0 saturated carbocycles. The number of aromatic nitrogens is 2. The molecule has 0 fully saturated rings. The molecule has 7 nitrogen and oxygen atoms in total. The maximum atomic E-state index is 5.46. The number of nitrogens with one attached hydrogen (secondary N) is 2. The van der Waals surface area contributed by atoms with E-state index in [9.17, 15) is 0 Å². The van der Waals surface area contributed by atoms with Crippen molar-refractivity contribution in [1.29, 1.82) is 0 Å². The SMILES string of the molecule is CCOCCCN=C(NN)Nc1cn(C)nc1CC. The Bertz CT molecular complexity index is 401. The lowest BCUT2D eigenvalue weighted by Crippen LogP contribution is -2.36. The Balaban J connectivity index is 2.53. The van der Waals surface area contributed by atoms with Crippen molar-refractivity contribution in [2.24, 2.45) is 17.9 Å². The third-order valence-corrected chi connectivity index (χ3v) is 2.55. The average Bonchev–Trinajstić information content (AvgIpc) is 2.77. The Morgan fingerprint density at radius 2 is 2.32 bits per heavy atom. The van der Waals surface area contributed by atoms with Crippen LogP contribution in [0, 0.1) is 0 Å². The zero-order valence-electron chi connectivity index (χ0n) is 11.9. The van der Waals surface area contributed by atoms with Crippen LogP contribution in [0.2, 0.25) is 0 Å². The Hall–Kier alpha value is -1.60. The van der Waals surface area contributed by atoms with Gasteiger partial charge in [0.2, 0.25) is 5.96 Å². The minimum Gasteiger partial charge on any atom is -0.382 e. The molecule has 1 heterocycles. The van der Waals surface area contributed by atoms with Gasteiger partial charge in [0, 0.05) is 33.0 Å². The fraction of sp³-hybridized carbons (Fsp3) is 0.667. The van der Waals surface area contributed by atoms with E-state index in [0.717, 1.165) is 30.8 Å². The molecule has 108 valence electrons. The Kier molecular flexibility index (Phi) is 6.91. The van der Waals surface area contributed by atoms with Crippen molar-refractivity contribution < 1.29 is 4.74 Å². The van der Waals surface area contributed by atoms with Crippen LogP contribution in [0.5, 0.6) is 0 Å². The van der Waals surface area contributed by atoms with Crippen molar-refractivity contribution in [2.75, 3.05) is 25.1 Å². The van der Waals surface area contributed by atoms with Gasteiger partial charge in [-0.25, -0.2) is 5.84 Å². The molecule has 0 atom stereocenters. The number of nitrogens with two attached hydrogens (primary N) is 1. The summed E-state index contributed by atoms with van der Waals surface area (Å²) in [5.41, 5.74) is 4.47. The van der Waals surface area contributed by atoms with E-state index in [0.29, 0.717) is 19.1 Å². The van der Waals surface area contributed by atoms with Gasteiger partial charge < -0.3 is 10.1 Å². The second-order valence-corrected chi connectivity index (χ2v) is 4.07. The molecule has 0 spiro atoms. The number of nitrogens with zero attached hydrogens (tertiary/aromatic N) is 3. The fourth-order valence-electron chi connectivity index (χ4n) is 1.65. The van der Waals surface area contributed by atoms with Crippen LogP contribution < -0.4 is 16.6 Å². The molecule has 0 aliphatic heterocycles. The van der Waals surface area contributed by atoms with Crippen LogP contribution in [0.3, 0.4) is 0 Å². The lowest BCUT2D eigenvalue weighted by molar-refractivity contribution is 0.146. The van der Waals surface area contributed by atoms with E-state index in [4.69, 9.17) is 10.6 Å². The normalized spacial score (nSPS) is 11.7. The zero-order valence-corrected chi connectivity index (χ0v) is 11.9. The topological polar surface area (TPSA) is 89.5 Å². The van der Waals surface area contributed by atoms with Crippen molar-refractivity contribution >= 4 is 11.6 Å². The van der Waals surface area contributed by atoms with Crippen LogP contribution in [0.4, 0.5) is 5.69 Å². The summed E-state index contributed by atoms with van der Waals surface area (Å²) in [6.45, 7) is 6.15. The van der Waals surface area contributed by atoms with Gasteiger partial charge in [0.15, 0.2) is 0 Å². The summed E-state index contributed by atoms with van der Waals surface area (Å²) in [7, 11) is 1.89. The molecule has 0 amide bonds. The van der Waals surface area contributed by atoms with Crippen LogP contribution in [0.15, 0.2) is 11.2 Å². The van der Waals surface area contributed by atoms with Gasteiger partial charge in [-0.3, -0.25) is 15.1 Å². The van der Waals surface area contributed by atoms with E-state index in [1.165, 1.54) is 0 Å². The second kappa shape index (κ2) is 8.49. The standard InChI is InChI=1S/C12H24N6O/c1-4-10-11(9-18(3)17-10)15-12(16-13)14-7-6-8-19-5-2/h9H,4-8,13H2,1-3H3,(H2,14,15,16). The lowest BCUT2D eigenvalue weighted by Gasteiger charge is -2.08. The highest BCUT2D eigenvalue weighted by molar-refractivity contribution is 5.93. The van der Waals surface area contributed by atoms with Crippen molar-refractivity contribution in [3.63, 3.8) is 0 Å². The van der Waals surface area contributed by atoms with Crippen molar-refractivity contribution in [3.8, 4) is 0 Å². The molecule has 1 rings (SSSR count). The van der Waals surface area contributed by atoms with E-state index in [1.807, 2.05) is 20.2 Å². The van der Waals surface area contributed by atoms with Crippen molar-refractivity contribution in [1.82, 2.24) is 15.2 Å². The van der Waals surface area contributed by atoms with E-state index >= 15 is 0 Å². The smallest absolute Gasteiger partial charge is 0.210 e. The molecule has 0 saturated heterocycles. The average molecular weight is 268 g/mol. The number of ether oxygens (including phenoxy) is 1. The number of rotatable bonds is 7. The predicted molar refractivity (Wildman–Crippen MR) is 76.9 cm³/mol. The zero-order chi connectivity index (χ0) is 14.1. The third-order valence-electron chi connectivity index (χ3n) is 2.55. The van der Waals surface area contributed by atoms with E-state index in [2.05, 4.69) is 27.8 Å². The molecule has 1 aromatic heterocycles. The van der Waals surface area contributed by atoms with Gasteiger partial charge in [-0.1, -0.05) is 6.92 Å². The molecule has 0 aliphatic rings. The lowest BCUT2D eigenvalue weighted by atomic mass is 10.3. The molecule has 19 heavy (non-hydrogen) atoms. The summed E-state index contributed by atoms with van der Waals surface area (Å²) >= 11 is 0. The monoisotopic (exact) mass is 268 g/mol. The number of aryl methyl sites for hydroxylation is 2. The minimum absolute atomic E-state index is 0.541. The van der Waals surface area contributed by atoms with Crippen LogP contribution >= 0.6 is 0 Å². The van der Waals surface area contributed by atoms with Gasteiger partial charge in [0.25, 0.3) is 0 Å². The number of hydrazine groups is 1. The first-order valence-corrected chi connectivity index (χ1v) is 6.59. The molecule has 1 aromatic rings. The molecule has 0 bridgehead atoms. The summed E-state index contributed by atoms with van der Waals surface area (Å²) in [6.07, 6.45) is 3.63. The van der Waals surface area contributed by atoms with Gasteiger partial charge in [-0.2, -0.15) is 5.10 Å². The first-order valence-electron chi connectivity index (χ1n) is 6.59. The number of hydrogen-bond acceptors (Lipinski definition) is 4. The van der Waals surface area contributed by atoms with E-state index < -0.39 is 0 Å². The van der Waals surface area contributed by atoms with Gasteiger partial charge in [0.05, 0.1) is 11.4 Å². The maximum Gasteiger partial charge on any atom is 0.210 e. The number of guanidine groups is 1. The molecule has 0 aliphatic carbocycles. The van der Waals surface area contributed by atoms with E-state index in [1.54, 1.807) is 4.68 Å². The summed E-state index contributed by atoms with van der Waals surface area (Å²) < 4.78 is 7.02. The molecule has 4 N–H and O–H groups in total. The predicted octanol–water partition coefficient (Wildman–Crippen LogP) is 0.640. The Labute approximate surface area is 114 Å². The van der Waals surface area contributed by atoms with Crippen molar-refractivity contribution in [3.05, 3.63) is 11.9 Å². The van der Waals surface area contributed by atoms with Crippen LogP contribution in [0.1, 0.15) is 26.0 Å². The maximum absolute atomic E-state index is 5.46. The first-order chi connectivity index (χ1) is 9.21. The Morgan fingerprint density at radius 1 is 1.53 bits per heavy atom. The summed E-state index contributed by atoms with van der Waals surface area (Å²) in [5, 5.41) is 7.50. The Morgan fingerprint density at radius 3 is 2.95 bits per heavy atom. The van der Waals surface area contributed by atoms with Crippen LogP contribution in [-0.4, -0.2) is 35.5 Å². The van der Waals surface area contributed by atoms with Gasteiger partial charge in [-0.05, 0) is 19.8 Å². The summed E-state index contributed by atoms with van der Waals surface area (Å²) in [4.78, 5) is 4.35. The first kappa shape index (κ1) is 15.5. The minimum atomic E-state index is 0.541. The summed E-state index contributed by atoms with van der Waals surface area (Å²) in [5.74, 6) is 6.00. The highest BCUT2D eigenvalue weighted by atomic mass is 16.5. The number of hydrogen-bond donors (Lipinski definition) is 3. The van der Waals surface area contributed by atoms with Gasteiger partial charge >= 0.3 is 0 Å². The third kappa shape index (κ3) is 5.27. The second-order valence-electron chi connectivity index (χ2n) is 4.07. The van der Waals surface area contributed by atoms with Gasteiger partial charge in [-0.15, -0.1) is 0 Å². The van der Waals surface area contributed by atoms with Gasteiger partial charge in [0.1, 0.15) is 0 Å². The van der Waals surface area contributed by atoms with E-state index in [-0.39, 0.29) is 0 Å². The quantitative estimate of drug-likeness (QED) is 0.222. The summed E-state index contributed by atoms with van der Waals surface area (Å²) in [6, 6.07) is 0. The van der Waals surface area contributed by atoms with Crippen molar-refractivity contribution in [2.45, 2.75) is 26.7 Å². The van der Waals surface area contributed by atoms with Crippen LogP contribution in [-0.2, 0) is 18.2 Å². The molecule has 0 aromatic carbocycles. The highest BCUT2D eigenvalue weighted by Crippen LogP contribution is 2.13. The van der Waals surface area contributed by atoms with Crippen LogP contribution in [0.25, 0.3) is 0 Å².